The highest BCUT2D eigenvalue weighted by atomic mass is 35.5. The summed E-state index contributed by atoms with van der Waals surface area (Å²) in [6.07, 6.45) is 1.42. The number of hydrogen-bond donors (Lipinski definition) is 2. The third-order valence-corrected chi connectivity index (χ3v) is 3.57. The molecule has 2 N–H and O–H groups in total. The van der Waals surface area contributed by atoms with Crippen LogP contribution in [-0.4, -0.2) is 36.4 Å². The van der Waals surface area contributed by atoms with Crippen LogP contribution in [0.3, 0.4) is 0 Å². The van der Waals surface area contributed by atoms with Crippen LogP contribution in [-0.2, 0) is 16.0 Å². The maximum Gasteiger partial charge on any atom is 0.224 e. The standard InChI is InChI=1S/C14H18ClNO3/c15-12-3-1-11(2-4-12)9-13(17)16-10-14(18)5-7-19-8-6-14/h1-4,18H,5-10H2,(H,16,17). The molecule has 0 radical (unpaired) electrons. The summed E-state index contributed by atoms with van der Waals surface area (Å²) in [4.78, 5) is 11.8. The number of rotatable bonds is 4. The molecule has 0 aromatic heterocycles. The van der Waals surface area contributed by atoms with Crippen LogP contribution in [0.4, 0.5) is 0 Å². The van der Waals surface area contributed by atoms with Gasteiger partial charge in [0.25, 0.3) is 0 Å². The van der Waals surface area contributed by atoms with Crippen LogP contribution < -0.4 is 5.32 Å². The Labute approximate surface area is 117 Å². The summed E-state index contributed by atoms with van der Waals surface area (Å²) in [5.41, 5.74) is 0.0781. The Balaban J connectivity index is 1.79. The fourth-order valence-corrected chi connectivity index (χ4v) is 2.17. The van der Waals surface area contributed by atoms with Gasteiger partial charge in [0.1, 0.15) is 0 Å². The quantitative estimate of drug-likeness (QED) is 0.881. The molecular weight excluding hydrogens is 266 g/mol. The molecule has 1 saturated heterocycles. The Hall–Kier alpha value is -1.10. The van der Waals surface area contributed by atoms with E-state index in [2.05, 4.69) is 5.32 Å². The molecule has 0 unspecified atom stereocenters. The van der Waals surface area contributed by atoms with Gasteiger partial charge in [0.05, 0.1) is 12.0 Å². The van der Waals surface area contributed by atoms with Gasteiger partial charge >= 0.3 is 0 Å². The Kier molecular flexibility index (Phi) is 4.80. The van der Waals surface area contributed by atoms with E-state index in [9.17, 15) is 9.90 Å². The van der Waals surface area contributed by atoms with Gasteiger partial charge in [0, 0.05) is 37.6 Å². The Morgan fingerprint density at radius 3 is 2.58 bits per heavy atom. The van der Waals surface area contributed by atoms with Gasteiger partial charge in [-0.3, -0.25) is 4.79 Å². The average Bonchev–Trinajstić information content (AvgIpc) is 2.40. The zero-order chi connectivity index (χ0) is 13.7. The molecule has 1 aliphatic rings. The Morgan fingerprint density at radius 2 is 1.95 bits per heavy atom. The fourth-order valence-electron chi connectivity index (χ4n) is 2.04. The van der Waals surface area contributed by atoms with Crippen LogP contribution in [0, 0.1) is 0 Å². The molecule has 5 heteroatoms. The maximum absolute atomic E-state index is 11.8. The molecule has 2 rings (SSSR count). The summed E-state index contributed by atoms with van der Waals surface area (Å²) in [6.45, 7) is 1.37. The van der Waals surface area contributed by atoms with Crippen molar-refractivity contribution >= 4 is 17.5 Å². The van der Waals surface area contributed by atoms with Gasteiger partial charge in [0.15, 0.2) is 0 Å². The second-order valence-electron chi connectivity index (χ2n) is 4.92. The lowest BCUT2D eigenvalue weighted by molar-refractivity contribution is -0.123. The first kappa shape index (κ1) is 14.3. The molecule has 19 heavy (non-hydrogen) atoms. The van der Waals surface area contributed by atoms with E-state index in [1.54, 1.807) is 12.1 Å². The normalized spacial score (nSPS) is 18.0. The van der Waals surface area contributed by atoms with Crippen molar-refractivity contribution in [1.82, 2.24) is 5.32 Å². The van der Waals surface area contributed by atoms with Crippen LogP contribution in [0.15, 0.2) is 24.3 Å². The zero-order valence-corrected chi connectivity index (χ0v) is 11.4. The van der Waals surface area contributed by atoms with E-state index in [-0.39, 0.29) is 12.5 Å². The summed E-state index contributed by atoms with van der Waals surface area (Å²) < 4.78 is 5.19. The molecule has 1 fully saturated rings. The molecule has 0 bridgehead atoms. The molecule has 0 atom stereocenters. The molecule has 0 aliphatic carbocycles. The van der Waals surface area contributed by atoms with Crippen LogP contribution in [0.25, 0.3) is 0 Å². The minimum Gasteiger partial charge on any atom is -0.388 e. The van der Waals surface area contributed by atoms with Gasteiger partial charge in [-0.1, -0.05) is 23.7 Å². The van der Waals surface area contributed by atoms with Crippen molar-refractivity contribution in [2.75, 3.05) is 19.8 Å². The molecule has 1 amide bonds. The number of amides is 1. The first-order chi connectivity index (χ1) is 9.07. The van der Waals surface area contributed by atoms with Crippen LogP contribution in [0.5, 0.6) is 0 Å². The smallest absolute Gasteiger partial charge is 0.224 e. The predicted octanol–water partition coefficient (Wildman–Crippen LogP) is 1.54. The number of nitrogens with one attached hydrogen (secondary N) is 1. The first-order valence-corrected chi connectivity index (χ1v) is 6.76. The Morgan fingerprint density at radius 1 is 1.32 bits per heavy atom. The van der Waals surface area contributed by atoms with Gasteiger partial charge in [-0.25, -0.2) is 0 Å². The number of carbonyl (C=O) groups is 1. The summed E-state index contributed by atoms with van der Waals surface area (Å²) in [7, 11) is 0. The number of ether oxygens (including phenoxy) is 1. The SMILES string of the molecule is O=C(Cc1ccc(Cl)cc1)NCC1(O)CCOCC1. The van der Waals surface area contributed by atoms with Gasteiger partial charge in [-0.05, 0) is 17.7 Å². The van der Waals surface area contributed by atoms with E-state index in [1.165, 1.54) is 0 Å². The second-order valence-corrected chi connectivity index (χ2v) is 5.35. The lowest BCUT2D eigenvalue weighted by atomic mass is 9.94. The van der Waals surface area contributed by atoms with Gasteiger partial charge in [-0.2, -0.15) is 0 Å². The van der Waals surface area contributed by atoms with E-state index >= 15 is 0 Å². The summed E-state index contributed by atoms with van der Waals surface area (Å²) >= 11 is 5.78. The van der Waals surface area contributed by atoms with Gasteiger partial charge < -0.3 is 15.2 Å². The second kappa shape index (κ2) is 6.37. The number of aliphatic hydroxyl groups is 1. The lowest BCUT2D eigenvalue weighted by Gasteiger charge is -2.32. The van der Waals surface area contributed by atoms with Crippen molar-refractivity contribution in [3.63, 3.8) is 0 Å². The third kappa shape index (κ3) is 4.49. The highest BCUT2D eigenvalue weighted by Crippen LogP contribution is 2.19. The zero-order valence-electron chi connectivity index (χ0n) is 10.7. The molecule has 1 aliphatic heterocycles. The molecule has 0 saturated carbocycles. The van der Waals surface area contributed by atoms with Gasteiger partial charge in [-0.15, -0.1) is 0 Å². The van der Waals surface area contributed by atoms with E-state index in [0.29, 0.717) is 37.5 Å². The summed E-state index contributed by atoms with van der Waals surface area (Å²) in [5.74, 6) is -0.0951. The van der Waals surface area contributed by atoms with Crippen LogP contribution in [0.2, 0.25) is 5.02 Å². The first-order valence-electron chi connectivity index (χ1n) is 6.39. The summed E-state index contributed by atoms with van der Waals surface area (Å²) in [5, 5.41) is 13.6. The van der Waals surface area contributed by atoms with Crippen LogP contribution >= 0.6 is 11.6 Å². The molecular formula is C14H18ClNO3. The molecule has 1 aromatic rings. The lowest BCUT2D eigenvalue weighted by Crippen LogP contribution is -2.46. The number of hydrogen-bond acceptors (Lipinski definition) is 3. The van der Waals surface area contributed by atoms with E-state index in [0.717, 1.165) is 5.56 Å². The van der Waals surface area contributed by atoms with Gasteiger partial charge in [0.2, 0.25) is 5.91 Å². The molecule has 4 nitrogen and oxygen atoms in total. The minimum atomic E-state index is -0.825. The predicted molar refractivity (Wildman–Crippen MR) is 73.2 cm³/mol. The molecule has 0 spiro atoms. The van der Waals surface area contributed by atoms with Crippen molar-refractivity contribution < 1.29 is 14.6 Å². The number of benzene rings is 1. The third-order valence-electron chi connectivity index (χ3n) is 3.32. The Bertz CT molecular complexity index is 427. The van der Waals surface area contributed by atoms with Crippen molar-refractivity contribution in [3.05, 3.63) is 34.9 Å². The average molecular weight is 284 g/mol. The topological polar surface area (TPSA) is 58.6 Å². The maximum atomic E-state index is 11.8. The highest BCUT2D eigenvalue weighted by Gasteiger charge is 2.29. The van der Waals surface area contributed by atoms with E-state index < -0.39 is 5.60 Å². The van der Waals surface area contributed by atoms with Crippen molar-refractivity contribution in [2.45, 2.75) is 24.9 Å². The minimum absolute atomic E-state index is 0.0951. The molecule has 1 aromatic carbocycles. The molecule has 1 heterocycles. The van der Waals surface area contributed by atoms with E-state index in [4.69, 9.17) is 16.3 Å². The van der Waals surface area contributed by atoms with Crippen molar-refractivity contribution in [1.29, 1.82) is 0 Å². The highest BCUT2D eigenvalue weighted by molar-refractivity contribution is 6.30. The van der Waals surface area contributed by atoms with Crippen LogP contribution in [0.1, 0.15) is 18.4 Å². The number of halogens is 1. The molecule has 104 valence electrons. The van der Waals surface area contributed by atoms with E-state index in [1.807, 2.05) is 12.1 Å². The van der Waals surface area contributed by atoms with Crippen molar-refractivity contribution in [3.8, 4) is 0 Å². The summed E-state index contributed by atoms with van der Waals surface area (Å²) in [6, 6.07) is 7.17. The van der Waals surface area contributed by atoms with Crippen molar-refractivity contribution in [2.24, 2.45) is 0 Å². The largest absolute Gasteiger partial charge is 0.388 e. The number of carbonyl (C=O) groups excluding carboxylic acids is 1. The monoisotopic (exact) mass is 283 g/mol. The fraction of sp³-hybridized carbons (Fsp3) is 0.500.